The van der Waals surface area contributed by atoms with Gasteiger partial charge in [0.05, 0.1) is 5.52 Å². The number of hydrogen-bond donors (Lipinski definition) is 1. The minimum Gasteiger partial charge on any atom is -0.365 e. The van der Waals surface area contributed by atoms with Gasteiger partial charge >= 0.3 is 0 Å². The maximum atomic E-state index is 13.5. The van der Waals surface area contributed by atoms with E-state index in [1.165, 1.54) is 18.5 Å². The van der Waals surface area contributed by atoms with E-state index < -0.39 is 0 Å². The van der Waals surface area contributed by atoms with Gasteiger partial charge < -0.3 is 5.32 Å². The Morgan fingerprint density at radius 2 is 1.80 bits per heavy atom. The number of rotatable bonds is 4. The molecule has 0 bridgehead atoms. The van der Waals surface area contributed by atoms with Gasteiger partial charge in [-0.05, 0) is 41.0 Å². The van der Waals surface area contributed by atoms with E-state index in [-0.39, 0.29) is 5.82 Å². The first-order valence-corrected chi connectivity index (χ1v) is 7.93. The molecule has 0 saturated carbocycles. The van der Waals surface area contributed by atoms with E-state index in [2.05, 4.69) is 44.5 Å². The van der Waals surface area contributed by atoms with Crippen LogP contribution in [0.2, 0.25) is 0 Å². The summed E-state index contributed by atoms with van der Waals surface area (Å²) >= 11 is 0. The molecule has 0 aliphatic rings. The van der Waals surface area contributed by atoms with Gasteiger partial charge in [-0.2, -0.15) is 0 Å². The lowest BCUT2D eigenvalue weighted by Gasteiger charge is -2.09. The predicted octanol–water partition coefficient (Wildman–Crippen LogP) is 4.44. The number of hydrogen-bond acceptors (Lipinski definition) is 4. The van der Waals surface area contributed by atoms with Crippen LogP contribution < -0.4 is 5.32 Å². The summed E-state index contributed by atoms with van der Waals surface area (Å²) in [5.41, 5.74) is 4.02. The Hall–Kier alpha value is -3.34. The first kappa shape index (κ1) is 15.2. The third-order valence-electron chi connectivity index (χ3n) is 4.01. The number of anilines is 1. The van der Waals surface area contributed by atoms with Crippen molar-refractivity contribution in [1.82, 2.24) is 15.0 Å². The Labute approximate surface area is 144 Å². The fourth-order valence-corrected chi connectivity index (χ4v) is 2.70. The van der Waals surface area contributed by atoms with Crippen molar-refractivity contribution in [2.45, 2.75) is 6.54 Å². The van der Waals surface area contributed by atoms with Crippen LogP contribution in [-0.4, -0.2) is 15.0 Å². The van der Waals surface area contributed by atoms with Crippen LogP contribution in [-0.2, 0) is 6.54 Å². The van der Waals surface area contributed by atoms with Gasteiger partial charge in [0, 0.05) is 24.3 Å². The van der Waals surface area contributed by atoms with Crippen LogP contribution in [0.4, 0.5) is 10.2 Å². The molecular formula is C20H15FN4. The second-order valence-corrected chi connectivity index (χ2v) is 5.68. The second-order valence-electron chi connectivity index (χ2n) is 5.68. The summed E-state index contributed by atoms with van der Waals surface area (Å²) in [6.07, 6.45) is 5.08. The molecule has 0 spiro atoms. The highest BCUT2D eigenvalue weighted by molar-refractivity contribution is 5.88. The van der Waals surface area contributed by atoms with Crippen LogP contribution in [0.15, 0.2) is 73.3 Å². The minimum absolute atomic E-state index is 0.300. The Bertz CT molecular complexity index is 1000. The fraction of sp³-hybridized carbons (Fsp3) is 0.0500. The van der Waals surface area contributed by atoms with Crippen molar-refractivity contribution < 1.29 is 4.39 Å². The standard InChI is InChI=1S/C20H15FN4/c21-17-7-8-19-18(10-17)20(25-13-24-19)23-11-14-3-5-15(6-4-14)16-2-1-9-22-12-16/h1-10,12-13H,11H2,(H,23,24,25). The zero-order chi connectivity index (χ0) is 17.1. The highest BCUT2D eigenvalue weighted by Gasteiger charge is 2.05. The zero-order valence-corrected chi connectivity index (χ0v) is 13.4. The molecule has 4 aromatic rings. The predicted molar refractivity (Wildman–Crippen MR) is 96.5 cm³/mol. The fourth-order valence-electron chi connectivity index (χ4n) is 2.70. The van der Waals surface area contributed by atoms with Crippen molar-refractivity contribution in [2.24, 2.45) is 0 Å². The summed E-state index contributed by atoms with van der Waals surface area (Å²) < 4.78 is 13.5. The van der Waals surface area contributed by atoms with Gasteiger partial charge in [-0.25, -0.2) is 14.4 Å². The summed E-state index contributed by atoms with van der Waals surface area (Å²) in [7, 11) is 0. The molecule has 5 heteroatoms. The molecule has 0 fully saturated rings. The zero-order valence-electron chi connectivity index (χ0n) is 13.4. The van der Waals surface area contributed by atoms with E-state index >= 15 is 0 Å². The molecule has 122 valence electrons. The summed E-state index contributed by atoms with van der Waals surface area (Å²) in [6.45, 7) is 0.593. The molecule has 0 amide bonds. The van der Waals surface area contributed by atoms with Crippen LogP contribution in [0.25, 0.3) is 22.0 Å². The molecule has 0 radical (unpaired) electrons. The molecular weight excluding hydrogens is 315 g/mol. The normalized spacial score (nSPS) is 10.8. The lowest BCUT2D eigenvalue weighted by molar-refractivity contribution is 0.629. The van der Waals surface area contributed by atoms with Crippen LogP contribution >= 0.6 is 0 Å². The monoisotopic (exact) mass is 330 g/mol. The van der Waals surface area contributed by atoms with Gasteiger partial charge in [0.2, 0.25) is 0 Å². The number of aromatic nitrogens is 3. The van der Waals surface area contributed by atoms with E-state index in [0.29, 0.717) is 23.3 Å². The van der Waals surface area contributed by atoms with Crippen molar-refractivity contribution in [3.8, 4) is 11.1 Å². The van der Waals surface area contributed by atoms with Crippen molar-refractivity contribution in [2.75, 3.05) is 5.32 Å². The lowest BCUT2D eigenvalue weighted by Crippen LogP contribution is -2.02. The van der Waals surface area contributed by atoms with Gasteiger partial charge in [-0.15, -0.1) is 0 Å². The third-order valence-corrected chi connectivity index (χ3v) is 4.01. The van der Waals surface area contributed by atoms with E-state index in [1.807, 2.05) is 18.3 Å². The van der Waals surface area contributed by atoms with Gasteiger partial charge in [-0.3, -0.25) is 4.98 Å². The number of fused-ring (bicyclic) bond motifs is 1. The molecule has 1 N–H and O–H groups in total. The van der Waals surface area contributed by atoms with Crippen LogP contribution in [0.1, 0.15) is 5.56 Å². The molecule has 0 aliphatic heterocycles. The second kappa shape index (κ2) is 6.65. The Kier molecular flexibility index (Phi) is 4.04. The molecule has 0 aliphatic carbocycles. The minimum atomic E-state index is -0.300. The first-order valence-electron chi connectivity index (χ1n) is 7.93. The molecule has 25 heavy (non-hydrogen) atoms. The lowest BCUT2D eigenvalue weighted by atomic mass is 10.1. The molecule has 0 atom stereocenters. The molecule has 2 aromatic heterocycles. The summed E-state index contributed by atoms with van der Waals surface area (Å²) in [5, 5.41) is 3.94. The Morgan fingerprint density at radius 3 is 2.60 bits per heavy atom. The highest BCUT2D eigenvalue weighted by Crippen LogP contribution is 2.22. The maximum absolute atomic E-state index is 13.5. The Morgan fingerprint density at radius 1 is 0.920 bits per heavy atom. The molecule has 4 nitrogen and oxygen atoms in total. The topological polar surface area (TPSA) is 50.7 Å². The van der Waals surface area contributed by atoms with Crippen LogP contribution in [0.5, 0.6) is 0 Å². The largest absolute Gasteiger partial charge is 0.365 e. The highest BCUT2D eigenvalue weighted by atomic mass is 19.1. The van der Waals surface area contributed by atoms with Gasteiger partial charge in [-0.1, -0.05) is 30.3 Å². The van der Waals surface area contributed by atoms with E-state index in [4.69, 9.17) is 0 Å². The van der Waals surface area contributed by atoms with E-state index in [0.717, 1.165) is 16.7 Å². The molecule has 2 aromatic carbocycles. The summed E-state index contributed by atoms with van der Waals surface area (Å²) in [4.78, 5) is 12.5. The van der Waals surface area contributed by atoms with Crippen LogP contribution in [0, 0.1) is 5.82 Å². The van der Waals surface area contributed by atoms with Crippen molar-refractivity contribution in [1.29, 1.82) is 0 Å². The third kappa shape index (κ3) is 3.30. The summed E-state index contributed by atoms with van der Waals surface area (Å²) in [5.74, 6) is 0.326. The summed E-state index contributed by atoms with van der Waals surface area (Å²) in [6, 6.07) is 16.7. The van der Waals surface area contributed by atoms with Crippen molar-refractivity contribution in [3.05, 3.63) is 84.7 Å². The Balaban J connectivity index is 1.53. The van der Waals surface area contributed by atoms with Crippen molar-refractivity contribution >= 4 is 16.7 Å². The van der Waals surface area contributed by atoms with Gasteiger partial charge in [0.25, 0.3) is 0 Å². The molecule has 4 rings (SSSR count). The number of benzene rings is 2. The first-order chi connectivity index (χ1) is 12.3. The quantitative estimate of drug-likeness (QED) is 0.601. The van der Waals surface area contributed by atoms with Gasteiger partial charge in [0.1, 0.15) is 18.0 Å². The van der Waals surface area contributed by atoms with Gasteiger partial charge in [0.15, 0.2) is 0 Å². The molecule has 0 unspecified atom stereocenters. The average Bonchev–Trinajstić information content (AvgIpc) is 2.67. The van der Waals surface area contributed by atoms with E-state index in [1.54, 1.807) is 12.3 Å². The van der Waals surface area contributed by atoms with Crippen molar-refractivity contribution in [3.63, 3.8) is 0 Å². The number of pyridine rings is 1. The molecule has 0 saturated heterocycles. The number of nitrogens with zero attached hydrogens (tertiary/aromatic N) is 3. The van der Waals surface area contributed by atoms with Crippen LogP contribution in [0.3, 0.4) is 0 Å². The number of nitrogens with one attached hydrogen (secondary N) is 1. The smallest absolute Gasteiger partial charge is 0.137 e. The maximum Gasteiger partial charge on any atom is 0.137 e. The molecule has 2 heterocycles. The SMILES string of the molecule is Fc1ccc2ncnc(NCc3ccc(-c4cccnc4)cc3)c2c1. The van der Waals surface area contributed by atoms with E-state index in [9.17, 15) is 4.39 Å². The number of halogens is 1. The average molecular weight is 330 g/mol.